The van der Waals surface area contributed by atoms with E-state index in [0.717, 1.165) is 0 Å². The number of hydrazine groups is 1. The van der Waals surface area contributed by atoms with Crippen LogP contribution in [-0.4, -0.2) is 21.1 Å². The monoisotopic (exact) mass is 502 g/mol. The zero-order chi connectivity index (χ0) is 19.8. The number of amides is 1. The molecule has 8 heteroatoms. The van der Waals surface area contributed by atoms with Crippen LogP contribution in [0.1, 0.15) is 27.0 Å². The van der Waals surface area contributed by atoms with Crippen LogP contribution in [0.4, 0.5) is 0 Å². The molecule has 1 spiro atoms. The van der Waals surface area contributed by atoms with E-state index in [9.17, 15) is 15.0 Å². The standard InChI is InChI=1S/C20H12Br2N2O4/c21-15-13(25)7-5-11-17(15)28-18-12(6-8-14(26)16(18)22)20(11)10-4-2-1-3-9(10)19(27)24(20)23/h1-8,25-26H,23H2. The van der Waals surface area contributed by atoms with Crippen LogP contribution in [0.2, 0.25) is 0 Å². The normalized spacial score (nSPS) is 15.8. The van der Waals surface area contributed by atoms with E-state index < -0.39 is 5.54 Å². The lowest BCUT2D eigenvalue weighted by Crippen LogP contribution is -2.51. The van der Waals surface area contributed by atoms with Gasteiger partial charge in [0, 0.05) is 22.3 Å². The van der Waals surface area contributed by atoms with E-state index in [-0.39, 0.29) is 17.4 Å². The Kier molecular flexibility index (Phi) is 3.59. The number of phenols is 2. The molecule has 0 unspecified atom stereocenters. The zero-order valence-corrected chi connectivity index (χ0v) is 17.3. The molecule has 3 aromatic rings. The van der Waals surface area contributed by atoms with E-state index >= 15 is 0 Å². The van der Waals surface area contributed by atoms with Crippen molar-refractivity contribution in [1.29, 1.82) is 0 Å². The minimum atomic E-state index is -1.18. The van der Waals surface area contributed by atoms with Crippen molar-refractivity contribution in [3.63, 3.8) is 0 Å². The van der Waals surface area contributed by atoms with E-state index in [0.29, 0.717) is 42.7 Å². The lowest BCUT2D eigenvalue weighted by molar-refractivity contribution is 0.0665. The first-order valence-electron chi connectivity index (χ1n) is 8.29. The van der Waals surface area contributed by atoms with Gasteiger partial charge in [-0.2, -0.15) is 0 Å². The first-order valence-corrected chi connectivity index (χ1v) is 9.88. The molecule has 3 aromatic carbocycles. The van der Waals surface area contributed by atoms with Gasteiger partial charge in [0.05, 0.1) is 0 Å². The summed E-state index contributed by atoms with van der Waals surface area (Å²) in [6, 6.07) is 13.6. The number of rotatable bonds is 0. The van der Waals surface area contributed by atoms with Crippen molar-refractivity contribution in [2.75, 3.05) is 0 Å². The SMILES string of the molecule is NN1C(=O)c2ccccc2C12c1ccc(O)c(Br)c1Oc1c2ccc(O)c1Br. The summed E-state index contributed by atoms with van der Waals surface area (Å²) < 4.78 is 6.74. The predicted octanol–water partition coefficient (Wildman–Crippen LogP) is 4.35. The molecule has 0 aliphatic carbocycles. The number of aromatic hydroxyl groups is 2. The molecule has 0 aromatic heterocycles. The summed E-state index contributed by atoms with van der Waals surface area (Å²) in [6.45, 7) is 0. The fraction of sp³-hybridized carbons (Fsp3) is 0.0500. The summed E-state index contributed by atoms with van der Waals surface area (Å²) in [5.74, 6) is 6.69. The molecule has 1 amide bonds. The Balaban J connectivity index is 1.99. The predicted molar refractivity (Wildman–Crippen MR) is 108 cm³/mol. The number of nitrogens with zero attached hydrogens (tertiary/aromatic N) is 1. The fourth-order valence-electron chi connectivity index (χ4n) is 4.05. The molecule has 0 radical (unpaired) electrons. The number of hydrogen-bond acceptors (Lipinski definition) is 5. The van der Waals surface area contributed by atoms with Crippen molar-refractivity contribution >= 4 is 37.8 Å². The number of phenolic OH excluding ortho intramolecular Hbond substituents is 2. The Morgan fingerprint density at radius 3 is 1.96 bits per heavy atom. The maximum Gasteiger partial charge on any atom is 0.269 e. The van der Waals surface area contributed by atoms with Crippen LogP contribution < -0.4 is 10.6 Å². The van der Waals surface area contributed by atoms with Gasteiger partial charge in [-0.25, -0.2) is 5.84 Å². The highest BCUT2D eigenvalue weighted by Crippen LogP contribution is 2.60. The van der Waals surface area contributed by atoms with Crippen molar-refractivity contribution in [2.45, 2.75) is 5.54 Å². The molecule has 0 saturated heterocycles. The molecule has 2 heterocycles. The molecule has 4 N–H and O–H groups in total. The van der Waals surface area contributed by atoms with Gasteiger partial charge in [-0.05, 0) is 62.2 Å². The highest BCUT2D eigenvalue weighted by Gasteiger charge is 2.56. The Morgan fingerprint density at radius 1 is 0.857 bits per heavy atom. The van der Waals surface area contributed by atoms with Crippen molar-refractivity contribution in [3.8, 4) is 23.0 Å². The number of fused-ring (bicyclic) bond motifs is 6. The average Bonchev–Trinajstić information content (AvgIpc) is 2.92. The van der Waals surface area contributed by atoms with Crippen LogP contribution in [-0.2, 0) is 5.54 Å². The van der Waals surface area contributed by atoms with Gasteiger partial charge >= 0.3 is 0 Å². The summed E-state index contributed by atoms with van der Waals surface area (Å²) in [4.78, 5) is 13.0. The highest BCUT2D eigenvalue weighted by atomic mass is 79.9. The van der Waals surface area contributed by atoms with Crippen LogP contribution >= 0.6 is 31.9 Å². The number of carbonyl (C=O) groups is 1. The smallest absolute Gasteiger partial charge is 0.269 e. The molecule has 6 nitrogen and oxygen atoms in total. The van der Waals surface area contributed by atoms with E-state index in [1.54, 1.807) is 24.3 Å². The first-order chi connectivity index (χ1) is 13.4. The third-order valence-electron chi connectivity index (χ3n) is 5.26. The van der Waals surface area contributed by atoms with Crippen molar-refractivity contribution in [1.82, 2.24) is 5.01 Å². The quantitative estimate of drug-likeness (QED) is 0.313. The second kappa shape index (κ2) is 5.73. The first kappa shape index (κ1) is 17.5. The van der Waals surface area contributed by atoms with E-state index in [2.05, 4.69) is 31.9 Å². The molecule has 0 atom stereocenters. The van der Waals surface area contributed by atoms with Gasteiger partial charge in [0.1, 0.15) is 26.0 Å². The summed E-state index contributed by atoms with van der Waals surface area (Å²) in [5, 5.41) is 21.6. The Hall–Kier alpha value is -2.55. The maximum absolute atomic E-state index is 13.0. The van der Waals surface area contributed by atoms with Crippen molar-refractivity contribution in [2.24, 2.45) is 5.84 Å². The van der Waals surface area contributed by atoms with Gasteiger partial charge in [-0.15, -0.1) is 0 Å². The molecular weight excluding hydrogens is 492 g/mol. The number of nitrogens with two attached hydrogens (primary N) is 1. The van der Waals surface area contributed by atoms with Crippen LogP contribution in [0, 0.1) is 0 Å². The Morgan fingerprint density at radius 2 is 1.39 bits per heavy atom. The minimum absolute atomic E-state index is 0.0187. The van der Waals surface area contributed by atoms with Crippen molar-refractivity contribution < 1.29 is 19.7 Å². The number of ether oxygens (including phenoxy) is 1. The second-order valence-corrected chi connectivity index (χ2v) is 8.17. The molecule has 140 valence electrons. The van der Waals surface area contributed by atoms with Crippen LogP contribution in [0.15, 0.2) is 57.5 Å². The Bertz CT molecular complexity index is 1140. The fourth-order valence-corrected chi connectivity index (χ4v) is 4.91. The third-order valence-corrected chi connectivity index (χ3v) is 6.80. The number of benzene rings is 3. The number of hydrogen-bond donors (Lipinski definition) is 3. The van der Waals surface area contributed by atoms with Gasteiger partial charge in [0.15, 0.2) is 11.5 Å². The van der Waals surface area contributed by atoms with Crippen LogP contribution in [0.25, 0.3) is 0 Å². The minimum Gasteiger partial charge on any atom is -0.507 e. The zero-order valence-electron chi connectivity index (χ0n) is 14.1. The maximum atomic E-state index is 13.0. The second-order valence-electron chi connectivity index (χ2n) is 6.58. The molecule has 5 rings (SSSR count). The Labute approximate surface area is 176 Å². The summed E-state index contributed by atoms with van der Waals surface area (Å²) >= 11 is 6.74. The summed E-state index contributed by atoms with van der Waals surface area (Å²) in [7, 11) is 0. The van der Waals surface area contributed by atoms with E-state index in [1.165, 1.54) is 17.1 Å². The van der Waals surface area contributed by atoms with Crippen LogP contribution in [0.3, 0.4) is 0 Å². The lowest BCUT2D eigenvalue weighted by Gasteiger charge is -2.42. The summed E-state index contributed by atoms with van der Waals surface area (Å²) in [5.41, 5.74) is 1.20. The molecule has 0 saturated carbocycles. The third kappa shape index (κ3) is 1.92. The summed E-state index contributed by atoms with van der Waals surface area (Å²) in [6.07, 6.45) is 0. The molecule has 28 heavy (non-hydrogen) atoms. The largest absolute Gasteiger partial charge is 0.507 e. The van der Waals surface area contributed by atoms with E-state index in [1.807, 2.05) is 12.1 Å². The van der Waals surface area contributed by atoms with Crippen LogP contribution in [0.5, 0.6) is 23.0 Å². The topological polar surface area (TPSA) is 96.0 Å². The van der Waals surface area contributed by atoms with Gasteiger partial charge < -0.3 is 14.9 Å². The molecule has 0 fully saturated rings. The molecule has 0 bridgehead atoms. The van der Waals surface area contributed by atoms with Gasteiger partial charge in [0.25, 0.3) is 5.91 Å². The van der Waals surface area contributed by atoms with Crippen molar-refractivity contribution in [3.05, 3.63) is 79.7 Å². The molecule has 2 aliphatic heterocycles. The van der Waals surface area contributed by atoms with Gasteiger partial charge in [-0.1, -0.05) is 18.2 Å². The lowest BCUT2D eigenvalue weighted by atomic mass is 9.75. The molecular formula is C20H12Br2N2O4. The van der Waals surface area contributed by atoms with Gasteiger partial charge in [0.2, 0.25) is 0 Å². The number of halogens is 2. The van der Waals surface area contributed by atoms with Gasteiger partial charge in [-0.3, -0.25) is 9.80 Å². The molecule has 2 aliphatic rings. The average molecular weight is 504 g/mol. The highest BCUT2D eigenvalue weighted by molar-refractivity contribution is 9.11. The van der Waals surface area contributed by atoms with E-state index in [4.69, 9.17) is 10.6 Å². The number of carbonyl (C=O) groups excluding carboxylic acids is 1.